The number of hydrogen-bond acceptors (Lipinski definition) is 10. The molecule has 2 rings (SSSR count). The Kier molecular flexibility index (Phi) is 7.93. The third-order valence-corrected chi connectivity index (χ3v) is 5.21. The largest absolute Gasteiger partial charge is 1.00 e. The second kappa shape index (κ2) is 8.80. The molecule has 2 amide bonds. The first-order chi connectivity index (χ1) is 10.7. The molecule has 126 valence electrons. The van der Waals surface area contributed by atoms with Gasteiger partial charge in [0.25, 0.3) is 5.91 Å². The molecule has 0 aromatic rings. The first-order valence-corrected chi connectivity index (χ1v) is 9.21. The summed E-state index contributed by atoms with van der Waals surface area (Å²) in [6.45, 7) is 3.52. The molecule has 0 aliphatic carbocycles. The fraction of sp³-hybridized carbons (Fsp3) is 0.400. The molecule has 0 radical (unpaired) electrons. The Morgan fingerprint density at radius 3 is 2.54 bits per heavy atom. The van der Waals surface area contributed by atoms with Gasteiger partial charge in [0, 0.05) is 13.6 Å². The van der Waals surface area contributed by atoms with Crippen LogP contribution < -0.4 is 29.6 Å². The van der Waals surface area contributed by atoms with Crippen molar-refractivity contribution >= 4 is 56.1 Å². The van der Waals surface area contributed by atoms with E-state index < -0.39 is 21.7 Å². The quantitative estimate of drug-likeness (QED) is 0.151. The maximum atomic E-state index is 12.0. The minimum atomic E-state index is -5.04. The van der Waals surface area contributed by atoms with Crippen molar-refractivity contribution in [3.63, 3.8) is 0 Å². The Bertz CT molecular complexity index is 709. The van der Waals surface area contributed by atoms with Crippen LogP contribution in [0.2, 0.25) is 0 Å². The summed E-state index contributed by atoms with van der Waals surface area (Å²) in [6, 6.07) is 0. The fourth-order valence-electron chi connectivity index (χ4n) is 1.58. The number of amides is 2. The molecule has 24 heavy (non-hydrogen) atoms. The van der Waals surface area contributed by atoms with Crippen molar-refractivity contribution in [1.82, 2.24) is 9.80 Å². The van der Waals surface area contributed by atoms with Crippen LogP contribution in [0, 0.1) is 0 Å². The molecule has 2 heterocycles. The molecule has 14 heteroatoms. The van der Waals surface area contributed by atoms with Crippen molar-refractivity contribution in [2.45, 2.75) is 5.44 Å². The van der Waals surface area contributed by atoms with E-state index in [0.29, 0.717) is 16.9 Å². The van der Waals surface area contributed by atoms with Gasteiger partial charge in [-0.05, 0) is 11.8 Å². The second-order valence-electron chi connectivity index (χ2n) is 4.20. The summed E-state index contributed by atoms with van der Waals surface area (Å²) in [6.07, 6.45) is 1.40. The van der Waals surface area contributed by atoms with Crippen molar-refractivity contribution in [3.05, 3.63) is 12.7 Å². The molecule has 0 bridgehead atoms. The van der Waals surface area contributed by atoms with Crippen molar-refractivity contribution in [2.24, 2.45) is 10.2 Å². The first kappa shape index (κ1) is 21.6. The minimum Gasteiger partial charge on any atom is -0.725 e. The monoisotopic (exact) mass is 402 g/mol. The molecule has 2 aliphatic heterocycles. The third-order valence-electron chi connectivity index (χ3n) is 2.63. The number of carbonyl (C=O) groups excluding carboxylic acids is 2. The van der Waals surface area contributed by atoms with E-state index in [9.17, 15) is 22.6 Å². The van der Waals surface area contributed by atoms with E-state index in [1.54, 1.807) is 0 Å². The second-order valence-corrected chi connectivity index (χ2v) is 7.18. The summed E-state index contributed by atoms with van der Waals surface area (Å²) in [4.78, 5) is 25.8. The standard InChI is InChI=1S/C10H12N4O6S3.Na/c1-3-4-14-7(16)8(20-23(17,18)19)22-10(14)12-11-9-13(2)6(15)5-21-9;/h3,8H,1,4-5H2,2H3,(H,17,18,19);/q;+1/p-1. The molecule has 0 N–H and O–H groups in total. The summed E-state index contributed by atoms with van der Waals surface area (Å²) in [5, 5.41) is 8.12. The van der Waals surface area contributed by atoms with E-state index in [2.05, 4.69) is 21.0 Å². The first-order valence-electron chi connectivity index (χ1n) is 6.01. The summed E-state index contributed by atoms with van der Waals surface area (Å²) in [5.41, 5.74) is -1.55. The number of nitrogens with zero attached hydrogens (tertiary/aromatic N) is 4. The van der Waals surface area contributed by atoms with Gasteiger partial charge in [0.05, 0.1) is 5.75 Å². The summed E-state index contributed by atoms with van der Waals surface area (Å²) in [7, 11) is -3.51. The van der Waals surface area contributed by atoms with Crippen LogP contribution in [-0.2, 0) is 24.2 Å². The van der Waals surface area contributed by atoms with Crippen LogP contribution in [0.4, 0.5) is 0 Å². The van der Waals surface area contributed by atoms with Crippen LogP contribution >= 0.6 is 23.5 Å². The van der Waals surface area contributed by atoms with Crippen molar-refractivity contribution in [3.8, 4) is 0 Å². The predicted octanol–water partition coefficient (Wildman–Crippen LogP) is -3.61. The number of thioether (sulfide) groups is 2. The maximum Gasteiger partial charge on any atom is 1.00 e. The van der Waals surface area contributed by atoms with Crippen LogP contribution in [0.1, 0.15) is 0 Å². The molecule has 2 fully saturated rings. The summed E-state index contributed by atoms with van der Waals surface area (Å²) >= 11 is 1.81. The predicted molar refractivity (Wildman–Crippen MR) is 84.2 cm³/mol. The molecule has 2 saturated heterocycles. The third kappa shape index (κ3) is 5.29. The summed E-state index contributed by atoms with van der Waals surface area (Å²) < 4.78 is 36.1. The Morgan fingerprint density at radius 1 is 1.42 bits per heavy atom. The molecular formula is C10H11N4NaO6S3. The Hall–Kier alpha value is -0.410. The van der Waals surface area contributed by atoms with E-state index in [-0.39, 0.29) is 52.9 Å². The zero-order valence-corrected chi connectivity index (χ0v) is 17.2. The average molecular weight is 402 g/mol. The smallest absolute Gasteiger partial charge is 0.725 e. The SMILES string of the molecule is C=CCN1C(=O)C(OS(=O)(=O)[O-])SC1=NN=C1SCC(=O)N1C.[Na+]. The number of amidine groups is 2. The van der Waals surface area contributed by atoms with Gasteiger partial charge in [0.15, 0.2) is 10.3 Å². The van der Waals surface area contributed by atoms with E-state index in [1.807, 2.05) is 0 Å². The molecule has 0 spiro atoms. The Morgan fingerprint density at radius 2 is 2.04 bits per heavy atom. The normalized spacial score (nSPS) is 24.8. The zero-order chi connectivity index (χ0) is 17.2. The maximum absolute atomic E-state index is 12.0. The average Bonchev–Trinajstić information content (AvgIpc) is 2.91. The van der Waals surface area contributed by atoms with Crippen LogP contribution in [0.25, 0.3) is 0 Å². The summed E-state index contributed by atoms with van der Waals surface area (Å²) in [5.74, 6) is -0.648. The van der Waals surface area contributed by atoms with Gasteiger partial charge in [-0.2, -0.15) is 0 Å². The van der Waals surface area contributed by atoms with Crippen LogP contribution in [0.5, 0.6) is 0 Å². The van der Waals surface area contributed by atoms with Crippen LogP contribution in [0.15, 0.2) is 22.9 Å². The van der Waals surface area contributed by atoms with Gasteiger partial charge in [-0.15, -0.1) is 16.8 Å². The van der Waals surface area contributed by atoms with Gasteiger partial charge in [0.1, 0.15) is 0 Å². The van der Waals surface area contributed by atoms with Gasteiger partial charge in [-0.25, -0.2) is 8.42 Å². The van der Waals surface area contributed by atoms with Gasteiger partial charge < -0.3 is 4.55 Å². The molecular weight excluding hydrogens is 391 g/mol. The molecule has 0 aromatic carbocycles. The minimum absolute atomic E-state index is 0. The topological polar surface area (TPSA) is 132 Å². The van der Waals surface area contributed by atoms with Gasteiger partial charge in [-0.1, -0.05) is 17.8 Å². The Balaban J connectivity index is 0.00000288. The molecule has 0 aromatic heterocycles. The van der Waals surface area contributed by atoms with E-state index in [4.69, 9.17) is 0 Å². The number of hydrogen-bond donors (Lipinski definition) is 0. The van der Waals surface area contributed by atoms with Gasteiger partial charge in [-0.3, -0.25) is 23.6 Å². The van der Waals surface area contributed by atoms with Gasteiger partial charge >= 0.3 is 29.6 Å². The van der Waals surface area contributed by atoms with Crippen molar-refractivity contribution in [1.29, 1.82) is 0 Å². The molecule has 1 unspecified atom stereocenters. The molecule has 0 saturated carbocycles. The Labute approximate surface area is 169 Å². The van der Waals surface area contributed by atoms with Gasteiger partial charge in [0.2, 0.25) is 21.7 Å². The molecule has 2 aliphatic rings. The zero-order valence-electron chi connectivity index (χ0n) is 12.7. The van der Waals surface area contributed by atoms with E-state index >= 15 is 0 Å². The molecule has 10 nitrogen and oxygen atoms in total. The van der Waals surface area contributed by atoms with Crippen molar-refractivity contribution in [2.75, 3.05) is 19.3 Å². The fourth-order valence-corrected chi connectivity index (χ4v) is 3.96. The van der Waals surface area contributed by atoms with Crippen LogP contribution in [-0.4, -0.2) is 69.7 Å². The van der Waals surface area contributed by atoms with E-state index in [0.717, 1.165) is 4.90 Å². The van der Waals surface area contributed by atoms with Crippen molar-refractivity contribution < 1.29 is 56.3 Å². The number of carbonyl (C=O) groups is 2. The van der Waals surface area contributed by atoms with Crippen LogP contribution in [0.3, 0.4) is 0 Å². The number of rotatable bonds is 5. The molecule has 1 atom stereocenters. The van der Waals surface area contributed by atoms with E-state index in [1.165, 1.54) is 29.8 Å².